The van der Waals surface area contributed by atoms with Gasteiger partial charge in [-0.05, 0) is 26.8 Å². The first-order valence-corrected chi connectivity index (χ1v) is 4.54. The number of hydrogen-bond acceptors (Lipinski definition) is 3. The molecule has 5 heteroatoms. The van der Waals surface area contributed by atoms with E-state index in [2.05, 4.69) is 10.3 Å². The van der Waals surface area contributed by atoms with Crippen molar-refractivity contribution < 1.29 is 9.18 Å². The average Bonchev–Trinajstić information content (AvgIpc) is 2.06. The van der Waals surface area contributed by atoms with Gasteiger partial charge >= 0.3 is 0 Å². The molecule has 1 heterocycles. The summed E-state index contributed by atoms with van der Waals surface area (Å²) in [5.41, 5.74) is 4.76. The van der Waals surface area contributed by atoms with Crippen molar-refractivity contribution in [1.82, 2.24) is 10.3 Å². The van der Waals surface area contributed by atoms with Crippen LogP contribution < -0.4 is 11.1 Å². The van der Waals surface area contributed by atoms with Crippen molar-refractivity contribution in [3.05, 3.63) is 23.6 Å². The topological polar surface area (TPSA) is 68.0 Å². The van der Waals surface area contributed by atoms with Gasteiger partial charge in [-0.15, -0.1) is 0 Å². The van der Waals surface area contributed by atoms with Crippen molar-refractivity contribution in [3.8, 4) is 0 Å². The second kappa shape index (κ2) is 3.84. The third-order valence-corrected chi connectivity index (χ3v) is 1.65. The number of nitrogens with zero attached hydrogens (tertiary/aromatic N) is 1. The molecule has 0 aromatic carbocycles. The Balaban J connectivity index is 2.97. The fraction of sp³-hybridized carbons (Fsp3) is 0.400. The number of nitrogens with one attached hydrogen (secondary N) is 1. The van der Waals surface area contributed by atoms with Crippen LogP contribution in [-0.4, -0.2) is 16.4 Å². The third kappa shape index (κ3) is 2.90. The molecule has 0 fully saturated rings. The number of aromatic nitrogens is 1. The molecule has 1 aromatic rings. The molecule has 0 saturated carbocycles. The minimum atomic E-state index is -0.778. The third-order valence-electron chi connectivity index (χ3n) is 1.65. The number of nitrogens with two attached hydrogens (primary N) is 1. The molecule has 0 spiro atoms. The van der Waals surface area contributed by atoms with Gasteiger partial charge in [0.15, 0.2) is 11.6 Å². The van der Waals surface area contributed by atoms with Gasteiger partial charge in [-0.2, -0.15) is 0 Å². The molecule has 4 nitrogen and oxygen atoms in total. The summed E-state index contributed by atoms with van der Waals surface area (Å²) in [6.07, 6.45) is 1.30. The Labute approximate surface area is 87.7 Å². The Hall–Kier alpha value is -1.65. The Morgan fingerprint density at radius 2 is 2.13 bits per heavy atom. The molecule has 0 aliphatic carbocycles. The van der Waals surface area contributed by atoms with Crippen LogP contribution in [-0.2, 0) is 0 Å². The first-order valence-electron chi connectivity index (χ1n) is 4.54. The van der Waals surface area contributed by atoms with Gasteiger partial charge in [0, 0.05) is 11.7 Å². The number of hydrogen-bond donors (Lipinski definition) is 2. The van der Waals surface area contributed by atoms with E-state index in [1.807, 2.05) is 20.8 Å². The van der Waals surface area contributed by atoms with Gasteiger partial charge in [0.1, 0.15) is 0 Å². The van der Waals surface area contributed by atoms with Crippen molar-refractivity contribution in [2.45, 2.75) is 26.3 Å². The average molecular weight is 211 g/mol. The van der Waals surface area contributed by atoms with Crippen LogP contribution in [0.25, 0.3) is 0 Å². The number of carbonyl (C=O) groups is 1. The SMILES string of the molecule is CC(C)(C)NC(=O)c1ccnc(N)c1F. The summed E-state index contributed by atoms with van der Waals surface area (Å²) in [4.78, 5) is 15.1. The minimum Gasteiger partial charge on any atom is -0.381 e. The van der Waals surface area contributed by atoms with Gasteiger partial charge in [-0.3, -0.25) is 4.79 Å². The van der Waals surface area contributed by atoms with E-state index in [0.717, 1.165) is 0 Å². The maximum Gasteiger partial charge on any atom is 0.254 e. The fourth-order valence-corrected chi connectivity index (χ4v) is 1.04. The standard InChI is InChI=1S/C10H14FN3O/c1-10(2,3)14-9(15)6-4-5-13-8(12)7(6)11/h4-5H,1-3H3,(H2,12,13)(H,14,15). The van der Waals surface area contributed by atoms with E-state index >= 15 is 0 Å². The highest BCUT2D eigenvalue weighted by Crippen LogP contribution is 2.12. The molecule has 0 atom stereocenters. The van der Waals surface area contributed by atoms with Crippen molar-refractivity contribution in [2.24, 2.45) is 0 Å². The molecule has 0 saturated heterocycles. The predicted molar refractivity (Wildman–Crippen MR) is 55.8 cm³/mol. The second-order valence-electron chi connectivity index (χ2n) is 4.26. The highest BCUT2D eigenvalue weighted by atomic mass is 19.1. The van der Waals surface area contributed by atoms with Crippen LogP contribution in [0.3, 0.4) is 0 Å². The monoisotopic (exact) mass is 211 g/mol. The lowest BCUT2D eigenvalue weighted by Gasteiger charge is -2.20. The zero-order valence-corrected chi connectivity index (χ0v) is 8.97. The summed E-state index contributed by atoms with van der Waals surface area (Å²) in [5.74, 6) is -1.54. The summed E-state index contributed by atoms with van der Waals surface area (Å²) in [7, 11) is 0. The fourth-order valence-electron chi connectivity index (χ4n) is 1.04. The second-order valence-corrected chi connectivity index (χ2v) is 4.26. The highest BCUT2D eigenvalue weighted by Gasteiger charge is 2.19. The highest BCUT2D eigenvalue weighted by molar-refractivity contribution is 5.95. The number of amides is 1. The molecule has 0 aliphatic heterocycles. The van der Waals surface area contributed by atoms with Crippen molar-refractivity contribution in [2.75, 3.05) is 5.73 Å². The van der Waals surface area contributed by atoms with Gasteiger partial charge < -0.3 is 11.1 Å². The first kappa shape index (κ1) is 11.4. The van der Waals surface area contributed by atoms with Crippen LogP contribution >= 0.6 is 0 Å². The van der Waals surface area contributed by atoms with Crippen molar-refractivity contribution in [1.29, 1.82) is 0 Å². The van der Waals surface area contributed by atoms with Gasteiger partial charge in [-0.1, -0.05) is 0 Å². The minimum absolute atomic E-state index is 0.0857. The molecule has 82 valence electrons. The van der Waals surface area contributed by atoms with E-state index < -0.39 is 17.3 Å². The summed E-state index contributed by atoms with van der Waals surface area (Å²) in [6, 6.07) is 1.30. The Morgan fingerprint density at radius 1 is 1.53 bits per heavy atom. The molecular weight excluding hydrogens is 197 g/mol. The van der Waals surface area contributed by atoms with E-state index in [-0.39, 0.29) is 11.4 Å². The van der Waals surface area contributed by atoms with Gasteiger partial charge in [0.2, 0.25) is 0 Å². The summed E-state index contributed by atoms with van der Waals surface area (Å²) in [5, 5.41) is 2.64. The number of halogens is 1. The molecule has 3 N–H and O–H groups in total. The Kier molecular flexibility index (Phi) is 2.93. The van der Waals surface area contributed by atoms with E-state index in [1.54, 1.807) is 0 Å². The Bertz CT molecular complexity index is 385. The lowest BCUT2D eigenvalue weighted by Crippen LogP contribution is -2.41. The van der Waals surface area contributed by atoms with E-state index in [9.17, 15) is 9.18 Å². The number of pyridine rings is 1. The molecule has 15 heavy (non-hydrogen) atoms. The molecule has 1 rings (SSSR count). The lowest BCUT2D eigenvalue weighted by atomic mass is 10.1. The summed E-state index contributed by atoms with van der Waals surface area (Å²) in [6.45, 7) is 5.44. The lowest BCUT2D eigenvalue weighted by molar-refractivity contribution is 0.0915. The van der Waals surface area contributed by atoms with Crippen LogP contribution in [0.15, 0.2) is 12.3 Å². The van der Waals surface area contributed by atoms with Gasteiger partial charge in [0.05, 0.1) is 5.56 Å². The molecule has 0 bridgehead atoms. The largest absolute Gasteiger partial charge is 0.381 e. The number of anilines is 1. The first-order chi connectivity index (χ1) is 6.81. The Morgan fingerprint density at radius 3 is 2.67 bits per heavy atom. The molecule has 0 aliphatic rings. The van der Waals surface area contributed by atoms with E-state index in [1.165, 1.54) is 12.3 Å². The summed E-state index contributed by atoms with van der Waals surface area (Å²) < 4.78 is 13.4. The van der Waals surface area contributed by atoms with Gasteiger partial charge in [-0.25, -0.2) is 9.37 Å². The molecular formula is C10H14FN3O. The van der Waals surface area contributed by atoms with Crippen molar-refractivity contribution >= 4 is 11.7 Å². The quantitative estimate of drug-likeness (QED) is 0.736. The zero-order valence-electron chi connectivity index (χ0n) is 8.97. The number of nitrogen functional groups attached to an aromatic ring is 1. The maximum absolute atomic E-state index is 13.4. The van der Waals surface area contributed by atoms with Crippen LogP contribution in [0.5, 0.6) is 0 Å². The van der Waals surface area contributed by atoms with Crippen LogP contribution in [0.2, 0.25) is 0 Å². The van der Waals surface area contributed by atoms with E-state index in [0.29, 0.717) is 0 Å². The van der Waals surface area contributed by atoms with Crippen LogP contribution in [0.1, 0.15) is 31.1 Å². The zero-order chi connectivity index (χ0) is 11.6. The van der Waals surface area contributed by atoms with Crippen LogP contribution in [0, 0.1) is 5.82 Å². The molecule has 1 amide bonds. The normalized spacial score (nSPS) is 11.2. The van der Waals surface area contributed by atoms with E-state index in [4.69, 9.17) is 5.73 Å². The number of rotatable bonds is 1. The predicted octanol–water partition coefficient (Wildman–Crippen LogP) is 1.33. The smallest absolute Gasteiger partial charge is 0.254 e. The van der Waals surface area contributed by atoms with Crippen LogP contribution in [0.4, 0.5) is 10.2 Å². The maximum atomic E-state index is 13.4. The van der Waals surface area contributed by atoms with Gasteiger partial charge in [0.25, 0.3) is 5.91 Å². The molecule has 0 unspecified atom stereocenters. The molecule has 1 aromatic heterocycles. The summed E-state index contributed by atoms with van der Waals surface area (Å²) >= 11 is 0. The molecule has 0 radical (unpaired) electrons. The number of carbonyl (C=O) groups excluding carboxylic acids is 1. The van der Waals surface area contributed by atoms with Crippen molar-refractivity contribution in [3.63, 3.8) is 0 Å².